The summed E-state index contributed by atoms with van der Waals surface area (Å²) in [7, 11) is 0. The van der Waals surface area contributed by atoms with Crippen LogP contribution in [0.1, 0.15) is 24.6 Å². The van der Waals surface area contributed by atoms with Crippen molar-refractivity contribution in [2.75, 3.05) is 6.54 Å². The fourth-order valence-corrected chi connectivity index (χ4v) is 1.91. The number of rotatable bonds is 1. The predicted molar refractivity (Wildman–Crippen MR) is 51.9 cm³/mol. The van der Waals surface area contributed by atoms with E-state index >= 15 is 0 Å². The normalized spacial score (nSPS) is 22.9. The van der Waals surface area contributed by atoms with Crippen LogP contribution < -0.4 is 5.32 Å². The van der Waals surface area contributed by atoms with Gasteiger partial charge in [0.05, 0.1) is 5.69 Å². The van der Waals surface area contributed by atoms with E-state index < -0.39 is 0 Å². The minimum atomic E-state index is 0.475. The molecule has 1 aromatic rings. The third-order valence-corrected chi connectivity index (χ3v) is 2.60. The third-order valence-electron chi connectivity index (χ3n) is 2.15. The molecule has 0 spiro atoms. The molecule has 0 radical (unpaired) electrons. The van der Waals surface area contributed by atoms with Crippen LogP contribution >= 0.6 is 15.9 Å². The van der Waals surface area contributed by atoms with Gasteiger partial charge in [-0.1, -0.05) is 6.07 Å². The number of aromatic nitrogens is 1. The zero-order valence-corrected chi connectivity index (χ0v) is 8.34. The van der Waals surface area contributed by atoms with Crippen LogP contribution in [0.25, 0.3) is 0 Å². The molecule has 2 nitrogen and oxygen atoms in total. The lowest BCUT2D eigenvalue weighted by atomic mass is 10.1. The summed E-state index contributed by atoms with van der Waals surface area (Å²) in [6, 6.07) is 6.54. The van der Waals surface area contributed by atoms with Gasteiger partial charge in [-0.05, 0) is 47.4 Å². The van der Waals surface area contributed by atoms with Gasteiger partial charge in [-0.25, -0.2) is 4.98 Å². The summed E-state index contributed by atoms with van der Waals surface area (Å²) in [5.74, 6) is 0. The summed E-state index contributed by atoms with van der Waals surface area (Å²) in [6.07, 6.45) is 2.47. The standard InChI is InChI=1S/C9H11BrN2/c10-9-5-1-3-8(12-9)7-4-2-6-11-7/h1,3,5,7,11H,2,4,6H2. The molecule has 3 heteroatoms. The molecule has 0 saturated carbocycles. The Kier molecular flexibility index (Phi) is 2.42. The molecule has 0 aromatic carbocycles. The summed E-state index contributed by atoms with van der Waals surface area (Å²) >= 11 is 3.37. The van der Waals surface area contributed by atoms with Crippen LogP contribution in [0.15, 0.2) is 22.8 Å². The Balaban J connectivity index is 2.21. The fourth-order valence-electron chi connectivity index (χ4n) is 1.56. The summed E-state index contributed by atoms with van der Waals surface area (Å²) in [5, 5.41) is 3.42. The third kappa shape index (κ3) is 1.67. The first-order valence-corrected chi connectivity index (χ1v) is 5.01. The van der Waals surface area contributed by atoms with E-state index in [1.165, 1.54) is 12.8 Å². The van der Waals surface area contributed by atoms with Gasteiger partial charge >= 0.3 is 0 Å². The number of nitrogens with one attached hydrogen (secondary N) is 1. The van der Waals surface area contributed by atoms with Crippen molar-refractivity contribution in [3.05, 3.63) is 28.5 Å². The molecule has 1 unspecified atom stereocenters. The smallest absolute Gasteiger partial charge is 0.106 e. The molecule has 0 bridgehead atoms. The van der Waals surface area contributed by atoms with Gasteiger partial charge in [0, 0.05) is 6.04 Å². The van der Waals surface area contributed by atoms with Crippen LogP contribution in [0.3, 0.4) is 0 Å². The molecule has 1 fully saturated rings. The van der Waals surface area contributed by atoms with Crippen LogP contribution in [0.2, 0.25) is 0 Å². The van der Waals surface area contributed by atoms with Crippen molar-refractivity contribution in [1.29, 1.82) is 0 Å². The van der Waals surface area contributed by atoms with Gasteiger partial charge in [-0.2, -0.15) is 0 Å². The zero-order valence-electron chi connectivity index (χ0n) is 6.76. The molecule has 1 aliphatic heterocycles. The first-order chi connectivity index (χ1) is 5.86. The maximum Gasteiger partial charge on any atom is 0.106 e. The van der Waals surface area contributed by atoms with E-state index in [-0.39, 0.29) is 0 Å². The summed E-state index contributed by atoms with van der Waals surface area (Å²) in [6.45, 7) is 1.12. The van der Waals surface area contributed by atoms with Crippen molar-refractivity contribution in [3.8, 4) is 0 Å². The topological polar surface area (TPSA) is 24.9 Å². The van der Waals surface area contributed by atoms with Crippen LogP contribution in [-0.2, 0) is 0 Å². The maximum atomic E-state index is 4.41. The van der Waals surface area contributed by atoms with Crippen LogP contribution in [0.4, 0.5) is 0 Å². The van der Waals surface area contributed by atoms with Crippen molar-refractivity contribution in [3.63, 3.8) is 0 Å². The molecule has 64 valence electrons. The second kappa shape index (κ2) is 3.54. The highest BCUT2D eigenvalue weighted by Crippen LogP contribution is 2.22. The number of halogens is 1. The zero-order chi connectivity index (χ0) is 8.39. The van der Waals surface area contributed by atoms with Crippen LogP contribution in [0.5, 0.6) is 0 Å². The van der Waals surface area contributed by atoms with E-state index in [0.29, 0.717) is 6.04 Å². The SMILES string of the molecule is Brc1cccc(C2CCCN2)n1. The Hall–Kier alpha value is -0.410. The second-order valence-corrected chi connectivity index (χ2v) is 3.85. The van der Waals surface area contributed by atoms with E-state index in [1.807, 2.05) is 12.1 Å². The minimum absolute atomic E-state index is 0.475. The monoisotopic (exact) mass is 226 g/mol. The molecule has 2 heterocycles. The van der Waals surface area contributed by atoms with Gasteiger partial charge in [-0.15, -0.1) is 0 Å². The lowest BCUT2D eigenvalue weighted by Crippen LogP contribution is -2.13. The van der Waals surface area contributed by atoms with E-state index in [9.17, 15) is 0 Å². The average Bonchev–Trinajstić information content (AvgIpc) is 2.56. The summed E-state index contributed by atoms with van der Waals surface area (Å²) in [5.41, 5.74) is 1.15. The quantitative estimate of drug-likeness (QED) is 0.744. The van der Waals surface area contributed by atoms with Gasteiger partial charge < -0.3 is 5.32 Å². The van der Waals surface area contributed by atoms with Crippen molar-refractivity contribution in [2.45, 2.75) is 18.9 Å². The van der Waals surface area contributed by atoms with E-state index in [4.69, 9.17) is 0 Å². The minimum Gasteiger partial charge on any atom is -0.309 e. The molecule has 2 rings (SSSR count). The van der Waals surface area contributed by atoms with Crippen molar-refractivity contribution in [1.82, 2.24) is 10.3 Å². The Morgan fingerprint density at radius 3 is 3.08 bits per heavy atom. The number of pyridine rings is 1. The molecule has 12 heavy (non-hydrogen) atoms. The van der Waals surface area contributed by atoms with Gasteiger partial charge in [0.15, 0.2) is 0 Å². The highest BCUT2D eigenvalue weighted by atomic mass is 79.9. The fraction of sp³-hybridized carbons (Fsp3) is 0.444. The largest absolute Gasteiger partial charge is 0.309 e. The Bertz CT molecular complexity index is 269. The van der Waals surface area contributed by atoms with E-state index in [0.717, 1.165) is 16.8 Å². The van der Waals surface area contributed by atoms with Gasteiger partial charge in [-0.3, -0.25) is 0 Å². The van der Waals surface area contributed by atoms with Crippen LogP contribution in [-0.4, -0.2) is 11.5 Å². The van der Waals surface area contributed by atoms with Crippen molar-refractivity contribution < 1.29 is 0 Å². The number of hydrogen-bond acceptors (Lipinski definition) is 2. The molecule has 1 aromatic heterocycles. The molecule has 0 aliphatic carbocycles. The van der Waals surface area contributed by atoms with Gasteiger partial charge in [0.1, 0.15) is 4.60 Å². The molecular weight excluding hydrogens is 216 g/mol. The molecular formula is C9H11BrN2. The highest BCUT2D eigenvalue weighted by molar-refractivity contribution is 9.10. The molecule has 1 N–H and O–H groups in total. The molecule has 1 saturated heterocycles. The average molecular weight is 227 g/mol. The Morgan fingerprint density at radius 1 is 1.50 bits per heavy atom. The highest BCUT2D eigenvalue weighted by Gasteiger charge is 2.16. The lowest BCUT2D eigenvalue weighted by molar-refractivity contribution is 0.626. The van der Waals surface area contributed by atoms with Crippen molar-refractivity contribution in [2.24, 2.45) is 0 Å². The number of nitrogens with zero attached hydrogens (tertiary/aromatic N) is 1. The lowest BCUT2D eigenvalue weighted by Gasteiger charge is -2.08. The van der Waals surface area contributed by atoms with E-state index in [2.05, 4.69) is 32.3 Å². The van der Waals surface area contributed by atoms with Crippen molar-refractivity contribution >= 4 is 15.9 Å². The first kappa shape index (κ1) is 8.20. The second-order valence-electron chi connectivity index (χ2n) is 3.03. The summed E-state index contributed by atoms with van der Waals surface area (Å²) < 4.78 is 0.925. The van der Waals surface area contributed by atoms with Gasteiger partial charge in [0.2, 0.25) is 0 Å². The first-order valence-electron chi connectivity index (χ1n) is 4.22. The molecule has 1 atom stereocenters. The molecule has 0 amide bonds. The van der Waals surface area contributed by atoms with E-state index in [1.54, 1.807) is 0 Å². The molecule has 1 aliphatic rings. The van der Waals surface area contributed by atoms with Gasteiger partial charge in [0.25, 0.3) is 0 Å². The summed E-state index contributed by atoms with van der Waals surface area (Å²) in [4.78, 5) is 4.41. The predicted octanol–water partition coefficient (Wildman–Crippen LogP) is 2.27. The number of hydrogen-bond donors (Lipinski definition) is 1. The van der Waals surface area contributed by atoms with Crippen LogP contribution in [0, 0.1) is 0 Å². The maximum absolute atomic E-state index is 4.41. The Labute approximate surface area is 80.5 Å². The Morgan fingerprint density at radius 2 is 2.42 bits per heavy atom.